The molecule has 1 N–H and O–H groups in total. The second kappa shape index (κ2) is 8.36. The Bertz CT molecular complexity index is 1140. The average Bonchev–Trinajstić information content (AvgIpc) is 3.11. The SMILES string of the molecule is COCCn1c(-c2ccc3c(c2)NC(=O)CO3)csc1=Nc1ccc(Cl)c(F)c1. The Kier molecular flexibility index (Phi) is 5.66. The Morgan fingerprint density at radius 3 is 3.00 bits per heavy atom. The van der Waals surface area contributed by atoms with Gasteiger partial charge in [0.2, 0.25) is 0 Å². The van der Waals surface area contributed by atoms with Crippen molar-refractivity contribution >= 4 is 40.2 Å². The molecule has 0 saturated carbocycles. The molecular formula is C20H17ClFN3O3S. The summed E-state index contributed by atoms with van der Waals surface area (Å²) in [5.41, 5.74) is 2.90. The zero-order valence-corrected chi connectivity index (χ0v) is 17.0. The van der Waals surface area contributed by atoms with Crippen LogP contribution in [0.1, 0.15) is 0 Å². The zero-order chi connectivity index (χ0) is 20.4. The van der Waals surface area contributed by atoms with Crippen molar-refractivity contribution in [2.24, 2.45) is 4.99 Å². The second-order valence-electron chi connectivity index (χ2n) is 6.31. The molecule has 0 saturated heterocycles. The minimum absolute atomic E-state index is 0.0132. The molecule has 0 unspecified atom stereocenters. The lowest BCUT2D eigenvalue weighted by Crippen LogP contribution is -2.25. The Morgan fingerprint density at radius 2 is 2.21 bits per heavy atom. The van der Waals surface area contributed by atoms with Gasteiger partial charge in [0.25, 0.3) is 5.91 Å². The van der Waals surface area contributed by atoms with E-state index in [1.165, 1.54) is 23.5 Å². The van der Waals surface area contributed by atoms with Crippen LogP contribution < -0.4 is 14.9 Å². The van der Waals surface area contributed by atoms with E-state index in [2.05, 4.69) is 10.3 Å². The quantitative estimate of drug-likeness (QED) is 0.655. The van der Waals surface area contributed by atoms with Gasteiger partial charge < -0.3 is 19.4 Å². The molecule has 2 aromatic carbocycles. The number of anilines is 1. The van der Waals surface area contributed by atoms with E-state index in [0.717, 1.165) is 11.3 Å². The van der Waals surface area contributed by atoms with Crippen LogP contribution in [0, 0.1) is 5.82 Å². The number of halogens is 2. The fourth-order valence-electron chi connectivity index (χ4n) is 2.96. The summed E-state index contributed by atoms with van der Waals surface area (Å²) in [4.78, 5) is 16.9. The Labute approximate surface area is 175 Å². The number of fused-ring (bicyclic) bond motifs is 1. The number of ether oxygens (including phenoxy) is 2. The van der Waals surface area contributed by atoms with Crippen molar-refractivity contribution in [2.75, 3.05) is 25.6 Å². The van der Waals surface area contributed by atoms with Crippen LogP contribution in [0.5, 0.6) is 5.75 Å². The van der Waals surface area contributed by atoms with E-state index in [4.69, 9.17) is 21.1 Å². The maximum Gasteiger partial charge on any atom is 0.262 e. The van der Waals surface area contributed by atoms with Gasteiger partial charge in [0.15, 0.2) is 11.4 Å². The highest BCUT2D eigenvalue weighted by Crippen LogP contribution is 2.33. The third-order valence-electron chi connectivity index (χ3n) is 4.35. The van der Waals surface area contributed by atoms with Crippen molar-refractivity contribution in [2.45, 2.75) is 6.54 Å². The van der Waals surface area contributed by atoms with E-state index in [9.17, 15) is 9.18 Å². The monoisotopic (exact) mass is 433 g/mol. The molecule has 9 heteroatoms. The summed E-state index contributed by atoms with van der Waals surface area (Å²) >= 11 is 7.19. The zero-order valence-electron chi connectivity index (χ0n) is 15.4. The number of benzene rings is 2. The molecule has 0 spiro atoms. The predicted molar refractivity (Wildman–Crippen MR) is 110 cm³/mol. The van der Waals surface area contributed by atoms with Gasteiger partial charge in [-0.1, -0.05) is 11.6 Å². The summed E-state index contributed by atoms with van der Waals surface area (Å²) in [6.07, 6.45) is 0. The summed E-state index contributed by atoms with van der Waals surface area (Å²) in [5.74, 6) is -0.0696. The summed E-state index contributed by atoms with van der Waals surface area (Å²) < 4.78 is 26.4. The first-order chi connectivity index (χ1) is 14.0. The second-order valence-corrected chi connectivity index (χ2v) is 7.55. The number of methoxy groups -OCH3 is 1. The highest BCUT2D eigenvalue weighted by Gasteiger charge is 2.18. The largest absolute Gasteiger partial charge is 0.482 e. The van der Waals surface area contributed by atoms with E-state index in [1.54, 1.807) is 13.2 Å². The van der Waals surface area contributed by atoms with Gasteiger partial charge in [-0.2, -0.15) is 0 Å². The lowest BCUT2D eigenvalue weighted by atomic mass is 10.1. The number of amides is 1. The maximum absolute atomic E-state index is 13.8. The molecule has 1 aliphatic rings. The molecule has 4 rings (SSSR count). The van der Waals surface area contributed by atoms with Gasteiger partial charge in [-0.25, -0.2) is 9.38 Å². The van der Waals surface area contributed by atoms with Crippen LogP contribution >= 0.6 is 22.9 Å². The molecule has 0 fully saturated rings. The number of carbonyl (C=O) groups excluding carboxylic acids is 1. The number of rotatable bonds is 5. The molecule has 1 aromatic heterocycles. The first-order valence-corrected chi connectivity index (χ1v) is 10.0. The smallest absolute Gasteiger partial charge is 0.262 e. The molecule has 0 radical (unpaired) electrons. The third-order valence-corrected chi connectivity index (χ3v) is 5.52. The number of hydrogen-bond donors (Lipinski definition) is 1. The van der Waals surface area contributed by atoms with E-state index in [1.807, 2.05) is 28.1 Å². The minimum atomic E-state index is -0.515. The van der Waals surface area contributed by atoms with Gasteiger partial charge in [0.1, 0.15) is 11.6 Å². The summed E-state index contributed by atoms with van der Waals surface area (Å²) in [5, 5.41) is 4.84. The van der Waals surface area contributed by atoms with Crippen molar-refractivity contribution in [1.82, 2.24) is 4.57 Å². The van der Waals surface area contributed by atoms with E-state index >= 15 is 0 Å². The minimum Gasteiger partial charge on any atom is -0.482 e. The summed E-state index contributed by atoms with van der Waals surface area (Å²) in [6, 6.07) is 10.1. The Morgan fingerprint density at radius 1 is 1.34 bits per heavy atom. The van der Waals surface area contributed by atoms with Crippen LogP contribution in [0.15, 0.2) is 46.8 Å². The van der Waals surface area contributed by atoms with Crippen LogP contribution in [0.25, 0.3) is 11.3 Å². The average molecular weight is 434 g/mol. The normalized spacial score (nSPS) is 13.8. The summed E-state index contributed by atoms with van der Waals surface area (Å²) in [7, 11) is 1.63. The van der Waals surface area contributed by atoms with E-state index in [0.29, 0.717) is 35.1 Å². The molecule has 6 nitrogen and oxygen atoms in total. The van der Waals surface area contributed by atoms with Crippen LogP contribution in [-0.2, 0) is 16.1 Å². The molecule has 0 atom stereocenters. The van der Waals surface area contributed by atoms with Crippen molar-refractivity contribution in [3.05, 3.63) is 57.4 Å². The third kappa shape index (κ3) is 4.19. The van der Waals surface area contributed by atoms with E-state index < -0.39 is 5.82 Å². The van der Waals surface area contributed by atoms with Gasteiger partial charge in [0.05, 0.1) is 28.7 Å². The lowest BCUT2D eigenvalue weighted by molar-refractivity contribution is -0.118. The highest BCUT2D eigenvalue weighted by molar-refractivity contribution is 7.07. The molecule has 0 aliphatic carbocycles. The standard InChI is InChI=1S/C20H17ClFN3O3S/c1-27-7-6-25-17(12-2-5-18-16(8-12)24-19(26)10-28-18)11-29-20(25)23-13-3-4-14(21)15(22)9-13/h2-5,8-9,11H,6-7,10H2,1H3,(H,24,26). The van der Waals surface area contributed by atoms with Crippen molar-refractivity contribution in [3.63, 3.8) is 0 Å². The molecule has 3 aromatic rings. The summed E-state index contributed by atoms with van der Waals surface area (Å²) in [6.45, 7) is 1.06. The lowest BCUT2D eigenvalue weighted by Gasteiger charge is -2.19. The number of carbonyl (C=O) groups is 1. The molecule has 1 aliphatic heterocycles. The molecular weight excluding hydrogens is 417 g/mol. The molecule has 2 heterocycles. The number of aromatic nitrogens is 1. The van der Waals surface area contributed by atoms with Crippen LogP contribution in [-0.4, -0.2) is 30.8 Å². The van der Waals surface area contributed by atoms with Crippen LogP contribution in [0.4, 0.5) is 15.8 Å². The maximum atomic E-state index is 13.8. The number of nitrogens with one attached hydrogen (secondary N) is 1. The van der Waals surface area contributed by atoms with Crippen molar-refractivity contribution in [3.8, 4) is 17.0 Å². The number of hydrogen-bond acceptors (Lipinski definition) is 5. The van der Waals surface area contributed by atoms with Gasteiger partial charge >= 0.3 is 0 Å². The molecule has 29 heavy (non-hydrogen) atoms. The number of thiazole rings is 1. The van der Waals surface area contributed by atoms with Gasteiger partial charge in [0, 0.05) is 30.7 Å². The Balaban J connectivity index is 1.78. The predicted octanol–water partition coefficient (Wildman–Crippen LogP) is 4.22. The van der Waals surface area contributed by atoms with Crippen LogP contribution in [0.2, 0.25) is 5.02 Å². The molecule has 0 bridgehead atoms. The van der Waals surface area contributed by atoms with Crippen molar-refractivity contribution < 1.29 is 18.7 Å². The van der Waals surface area contributed by atoms with Crippen LogP contribution in [0.3, 0.4) is 0 Å². The van der Waals surface area contributed by atoms with Gasteiger partial charge in [-0.3, -0.25) is 4.79 Å². The Hall–Kier alpha value is -2.68. The highest BCUT2D eigenvalue weighted by atomic mass is 35.5. The fraction of sp³-hybridized carbons (Fsp3) is 0.200. The molecule has 1 amide bonds. The first kappa shape index (κ1) is 19.6. The first-order valence-electron chi connectivity index (χ1n) is 8.79. The topological polar surface area (TPSA) is 64.8 Å². The van der Waals surface area contributed by atoms with E-state index in [-0.39, 0.29) is 17.5 Å². The fourth-order valence-corrected chi connectivity index (χ4v) is 4.03. The van der Waals surface area contributed by atoms with Gasteiger partial charge in [-0.15, -0.1) is 11.3 Å². The van der Waals surface area contributed by atoms with Gasteiger partial charge in [-0.05, 0) is 30.3 Å². The molecule has 150 valence electrons. The van der Waals surface area contributed by atoms with Crippen molar-refractivity contribution in [1.29, 1.82) is 0 Å². The number of nitrogens with zero attached hydrogens (tertiary/aromatic N) is 2.